The van der Waals surface area contributed by atoms with Crippen molar-refractivity contribution in [3.05, 3.63) is 11.3 Å². The van der Waals surface area contributed by atoms with E-state index in [-0.39, 0.29) is 5.95 Å². The molecule has 0 radical (unpaired) electrons. The number of amides is 2. The van der Waals surface area contributed by atoms with Crippen molar-refractivity contribution in [2.45, 2.75) is 44.4 Å². The van der Waals surface area contributed by atoms with E-state index in [0.717, 1.165) is 4.90 Å². The van der Waals surface area contributed by atoms with Crippen LogP contribution in [-0.4, -0.2) is 38.7 Å². The molecule has 7 nitrogen and oxygen atoms in total. The van der Waals surface area contributed by atoms with Crippen molar-refractivity contribution in [1.29, 1.82) is 0 Å². The lowest BCUT2D eigenvalue weighted by Crippen LogP contribution is -2.38. The standard InChI is InChI=1S/C13H18N4O3S/c1-6-8-7(9(21-5)16-11(14)15-8)10(18)17(6)12(19)20-13(2,3)4/h6H,1-5H3,(H2,14,15,16). The zero-order valence-electron chi connectivity index (χ0n) is 12.6. The first kappa shape index (κ1) is 15.6. The van der Waals surface area contributed by atoms with Gasteiger partial charge in [0.25, 0.3) is 5.91 Å². The Balaban J connectivity index is 2.43. The fraction of sp³-hybridized carbons (Fsp3) is 0.538. The first-order valence-corrected chi connectivity index (χ1v) is 7.66. The summed E-state index contributed by atoms with van der Waals surface area (Å²) in [5.41, 5.74) is 5.76. The highest BCUT2D eigenvalue weighted by Crippen LogP contribution is 2.37. The van der Waals surface area contributed by atoms with Crippen molar-refractivity contribution >= 4 is 29.7 Å². The summed E-state index contributed by atoms with van der Waals surface area (Å²) in [5.74, 6) is -0.361. The molecule has 0 aliphatic carbocycles. The number of nitrogens with two attached hydrogens (primary N) is 1. The van der Waals surface area contributed by atoms with Crippen molar-refractivity contribution in [3.8, 4) is 0 Å². The van der Waals surface area contributed by atoms with Gasteiger partial charge in [-0.2, -0.15) is 0 Å². The highest BCUT2D eigenvalue weighted by atomic mass is 32.2. The minimum absolute atomic E-state index is 0.0868. The summed E-state index contributed by atoms with van der Waals surface area (Å²) in [7, 11) is 0. The van der Waals surface area contributed by atoms with E-state index in [1.165, 1.54) is 11.8 Å². The number of hydrogen-bond donors (Lipinski definition) is 1. The number of nitrogen functional groups attached to an aromatic ring is 1. The lowest BCUT2D eigenvalue weighted by Gasteiger charge is -2.25. The number of hydrogen-bond acceptors (Lipinski definition) is 7. The lowest BCUT2D eigenvalue weighted by molar-refractivity contribution is 0.0201. The van der Waals surface area contributed by atoms with Crippen LogP contribution in [0.15, 0.2) is 5.03 Å². The molecular weight excluding hydrogens is 292 g/mol. The number of fused-ring (bicyclic) bond motifs is 1. The lowest BCUT2D eigenvalue weighted by atomic mass is 10.2. The minimum Gasteiger partial charge on any atom is -0.443 e. The van der Waals surface area contributed by atoms with E-state index >= 15 is 0 Å². The van der Waals surface area contributed by atoms with Gasteiger partial charge in [0.05, 0.1) is 17.3 Å². The monoisotopic (exact) mass is 310 g/mol. The average Bonchev–Trinajstić information content (AvgIpc) is 2.58. The van der Waals surface area contributed by atoms with E-state index < -0.39 is 23.6 Å². The molecule has 2 rings (SSSR count). The second-order valence-electron chi connectivity index (χ2n) is 5.68. The topological polar surface area (TPSA) is 98.4 Å². The summed E-state index contributed by atoms with van der Waals surface area (Å²) in [6.45, 7) is 6.95. The van der Waals surface area contributed by atoms with Crippen molar-refractivity contribution in [3.63, 3.8) is 0 Å². The van der Waals surface area contributed by atoms with Crippen LogP contribution in [0.25, 0.3) is 0 Å². The van der Waals surface area contributed by atoms with Gasteiger partial charge in [0, 0.05) is 0 Å². The van der Waals surface area contributed by atoms with Crippen LogP contribution in [-0.2, 0) is 4.74 Å². The Morgan fingerprint density at radius 1 is 1.38 bits per heavy atom. The second-order valence-corrected chi connectivity index (χ2v) is 6.48. The summed E-state index contributed by atoms with van der Waals surface area (Å²) in [6, 6.07) is -0.529. The van der Waals surface area contributed by atoms with Crippen molar-refractivity contribution < 1.29 is 14.3 Å². The van der Waals surface area contributed by atoms with Crippen LogP contribution >= 0.6 is 11.8 Å². The van der Waals surface area contributed by atoms with Gasteiger partial charge < -0.3 is 10.5 Å². The maximum absolute atomic E-state index is 12.5. The highest BCUT2D eigenvalue weighted by Gasteiger charge is 2.43. The van der Waals surface area contributed by atoms with Gasteiger partial charge in [0.1, 0.15) is 10.6 Å². The van der Waals surface area contributed by atoms with Crippen molar-refractivity contribution in [2.24, 2.45) is 0 Å². The first-order chi connectivity index (χ1) is 9.65. The SMILES string of the molecule is CSc1nc(N)nc2c1C(=O)N(C(=O)OC(C)(C)C)C2C. The molecule has 2 amide bonds. The van der Waals surface area contributed by atoms with Gasteiger partial charge in [-0.1, -0.05) is 0 Å². The van der Waals surface area contributed by atoms with Crippen LogP contribution in [0.1, 0.15) is 49.8 Å². The number of aromatic nitrogens is 2. The van der Waals surface area contributed by atoms with E-state index in [0.29, 0.717) is 16.3 Å². The number of rotatable bonds is 1. The van der Waals surface area contributed by atoms with Crippen LogP contribution in [0.4, 0.5) is 10.7 Å². The predicted molar refractivity (Wildman–Crippen MR) is 79.0 cm³/mol. The molecule has 2 N–H and O–H groups in total. The smallest absolute Gasteiger partial charge is 0.417 e. The van der Waals surface area contributed by atoms with Gasteiger partial charge in [-0.15, -0.1) is 11.8 Å². The number of anilines is 1. The summed E-state index contributed by atoms with van der Waals surface area (Å²) in [5, 5.41) is 0.473. The third-order valence-electron chi connectivity index (χ3n) is 2.92. The molecule has 0 aromatic carbocycles. The third-order valence-corrected chi connectivity index (χ3v) is 3.60. The summed E-state index contributed by atoms with van der Waals surface area (Å²) in [4.78, 5) is 34.0. The fourth-order valence-electron chi connectivity index (χ4n) is 2.10. The first-order valence-electron chi connectivity index (χ1n) is 6.43. The normalized spacial score (nSPS) is 17.9. The van der Waals surface area contributed by atoms with Gasteiger partial charge in [0.15, 0.2) is 0 Å². The molecule has 0 spiro atoms. The van der Waals surface area contributed by atoms with E-state index in [2.05, 4.69) is 9.97 Å². The molecule has 114 valence electrons. The molecule has 1 aromatic heterocycles. The minimum atomic E-state index is -0.691. The summed E-state index contributed by atoms with van der Waals surface area (Å²) < 4.78 is 5.28. The van der Waals surface area contributed by atoms with E-state index in [9.17, 15) is 9.59 Å². The quantitative estimate of drug-likeness (QED) is 0.627. The Morgan fingerprint density at radius 3 is 2.52 bits per heavy atom. The summed E-state index contributed by atoms with van der Waals surface area (Å²) >= 11 is 1.29. The maximum Gasteiger partial charge on any atom is 0.417 e. The number of nitrogens with zero attached hydrogens (tertiary/aromatic N) is 3. The molecule has 8 heteroatoms. The van der Waals surface area contributed by atoms with Gasteiger partial charge in [0.2, 0.25) is 5.95 Å². The maximum atomic E-state index is 12.5. The Hall–Kier alpha value is -1.83. The van der Waals surface area contributed by atoms with Crippen LogP contribution < -0.4 is 5.73 Å². The predicted octanol–water partition coefficient (Wildman–Crippen LogP) is 2.23. The van der Waals surface area contributed by atoms with E-state index in [1.807, 2.05) is 0 Å². The fourth-order valence-corrected chi connectivity index (χ4v) is 2.68. The molecule has 1 atom stereocenters. The molecule has 1 aliphatic heterocycles. The van der Waals surface area contributed by atoms with Gasteiger partial charge in [-0.05, 0) is 34.0 Å². The zero-order valence-corrected chi connectivity index (χ0v) is 13.4. The van der Waals surface area contributed by atoms with Crippen LogP contribution in [0, 0.1) is 0 Å². The molecule has 0 saturated heterocycles. The Morgan fingerprint density at radius 2 is 2.00 bits per heavy atom. The van der Waals surface area contributed by atoms with Crippen LogP contribution in [0.5, 0.6) is 0 Å². The van der Waals surface area contributed by atoms with Crippen LogP contribution in [0.2, 0.25) is 0 Å². The van der Waals surface area contributed by atoms with Crippen LogP contribution in [0.3, 0.4) is 0 Å². The van der Waals surface area contributed by atoms with E-state index in [1.54, 1.807) is 34.0 Å². The number of thioether (sulfide) groups is 1. The van der Waals surface area contributed by atoms with Gasteiger partial charge in [-0.25, -0.2) is 19.7 Å². The molecular formula is C13H18N4O3S. The molecule has 1 aromatic rings. The highest BCUT2D eigenvalue weighted by molar-refractivity contribution is 7.98. The van der Waals surface area contributed by atoms with Gasteiger partial charge in [-0.3, -0.25) is 4.79 Å². The number of carbonyl (C=O) groups is 2. The average molecular weight is 310 g/mol. The molecule has 1 unspecified atom stereocenters. The van der Waals surface area contributed by atoms with Crippen molar-refractivity contribution in [1.82, 2.24) is 14.9 Å². The second kappa shape index (κ2) is 5.18. The Kier molecular flexibility index (Phi) is 3.83. The number of imide groups is 1. The molecule has 21 heavy (non-hydrogen) atoms. The van der Waals surface area contributed by atoms with Crippen molar-refractivity contribution in [2.75, 3.05) is 12.0 Å². The zero-order chi connectivity index (χ0) is 15.9. The molecule has 0 fully saturated rings. The third kappa shape index (κ3) is 2.80. The largest absolute Gasteiger partial charge is 0.443 e. The Bertz CT molecular complexity index is 612. The number of ether oxygens (including phenoxy) is 1. The molecule has 1 aliphatic rings. The van der Waals surface area contributed by atoms with E-state index in [4.69, 9.17) is 10.5 Å². The number of carbonyl (C=O) groups excluding carboxylic acids is 2. The summed E-state index contributed by atoms with van der Waals surface area (Å²) in [6.07, 6.45) is 1.10. The van der Waals surface area contributed by atoms with Gasteiger partial charge >= 0.3 is 6.09 Å². The molecule has 0 saturated carbocycles. The molecule has 2 heterocycles. The Labute approximate surface area is 127 Å². The molecule has 0 bridgehead atoms.